The molecule has 0 aliphatic heterocycles. The first-order valence-electron chi connectivity index (χ1n) is 4.65. The van der Waals surface area contributed by atoms with Gasteiger partial charge in [0, 0.05) is 19.4 Å². The lowest BCUT2D eigenvalue weighted by Gasteiger charge is -2.61. The molecule has 0 aromatic rings. The number of halogens is 2. The number of rotatable bonds is 2. The van der Waals surface area contributed by atoms with Gasteiger partial charge in [-0.2, -0.15) is 0 Å². The van der Waals surface area contributed by atoms with Gasteiger partial charge < -0.3 is 10.8 Å². The van der Waals surface area contributed by atoms with Gasteiger partial charge in [-0.15, -0.1) is 0 Å². The Morgan fingerprint density at radius 2 is 1.79 bits per heavy atom. The molecule has 0 atom stereocenters. The predicted molar refractivity (Wildman–Crippen MR) is 45.0 cm³/mol. The number of carbonyl (C=O) groups is 1. The van der Waals surface area contributed by atoms with E-state index in [4.69, 9.17) is 10.8 Å². The van der Waals surface area contributed by atoms with Gasteiger partial charge in [-0.25, -0.2) is 8.78 Å². The second-order valence-corrected chi connectivity index (χ2v) is 4.85. The van der Waals surface area contributed by atoms with E-state index >= 15 is 0 Å². The molecule has 5 heteroatoms. The molecule has 3 N–H and O–H groups in total. The maximum atomic E-state index is 12.6. The van der Waals surface area contributed by atoms with Gasteiger partial charge in [0.1, 0.15) is 0 Å². The highest BCUT2D eigenvalue weighted by molar-refractivity contribution is 5.76. The van der Waals surface area contributed by atoms with Crippen LogP contribution in [0.5, 0.6) is 0 Å². The minimum Gasteiger partial charge on any atom is -0.481 e. The SMILES string of the molecule is NCC1(C(=O)O)CC2(CC(F)(F)C2)C1. The van der Waals surface area contributed by atoms with Crippen molar-refractivity contribution >= 4 is 5.97 Å². The Balaban J connectivity index is 1.99. The third-order valence-corrected chi connectivity index (χ3v) is 3.54. The smallest absolute Gasteiger partial charge is 0.310 e. The molecule has 1 spiro atoms. The van der Waals surface area contributed by atoms with Crippen LogP contribution < -0.4 is 5.73 Å². The summed E-state index contributed by atoms with van der Waals surface area (Å²) in [6, 6.07) is 0. The van der Waals surface area contributed by atoms with Gasteiger partial charge in [-0.05, 0) is 18.3 Å². The molecule has 0 saturated heterocycles. The number of aliphatic carboxylic acids is 1. The molecule has 0 aromatic heterocycles. The fourth-order valence-corrected chi connectivity index (χ4v) is 3.06. The third-order valence-electron chi connectivity index (χ3n) is 3.54. The monoisotopic (exact) mass is 205 g/mol. The van der Waals surface area contributed by atoms with E-state index in [0.717, 1.165) is 0 Å². The first kappa shape index (κ1) is 9.83. The van der Waals surface area contributed by atoms with Gasteiger partial charge in [0.2, 0.25) is 5.92 Å². The van der Waals surface area contributed by atoms with Crippen molar-refractivity contribution in [1.29, 1.82) is 0 Å². The molecule has 0 radical (unpaired) electrons. The molecule has 2 aliphatic carbocycles. The number of hydrogen-bond acceptors (Lipinski definition) is 2. The van der Waals surface area contributed by atoms with E-state index < -0.39 is 22.7 Å². The van der Waals surface area contributed by atoms with Crippen LogP contribution in [0.25, 0.3) is 0 Å². The zero-order valence-corrected chi connectivity index (χ0v) is 7.72. The lowest BCUT2D eigenvalue weighted by Crippen LogP contribution is -2.62. The Morgan fingerprint density at radius 3 is 2.07 bits per heavy atom. The summed E-state index contributed by atoms with van der Waals surface area (Å²) in [4.78, 5) is 10.9. The van der Waals surface area contributed by atoms with Crippen LogP contribution in [0, 0.1) is 10.8 Å². The van der Waals surface area contributed by atoms with Crippen molar-refractivity contribution in [3.8, 4) is 0 Å². The molecule has 2 saturated carbocycles. The van der Waals surface area contributed by atoms with Gasteiger partial charge in [-0.3, -0.25) is 4.79 Å². The molecule has 0 amide bonds. The van der Waals surface area contributed by atoms with Crippen LogP contribution in [0.1, 0.15) is 25.7 Å². The maximum absolute atomic E-state index is 12.6. The standard InChI is InChI=1S/C9H13F2NO2/c10-9(11)3-7(4-9)1-8(2-7,5-12)6(13)14/h1-5,12H2,(H,13,14). The molecule has 80 valence electrons. The minimum absolute atomic E-state index is 0.0512. The molecular formula is C9H13F2NO2. The Morgan fingerprint density at radius 1 is 1.29 bits per heavy atom. The molecule has 0 heterocycles. The molecule has 0 unspecified atom stereocenters. The zero-order valence-electron chi connectivity index (χ0n) is 7.72. The van der Waals surface area contributed by atoms with E-state index in [0.29, 0.717) is 12.8 Å². The second-order valence-electron chi connectivity index (χ2n) is 4.85. The Labute approximate surface area is 80.3 Å². The summed E-state index contributed by atoms with van der Waals surface area (Å²) < 4.78 is 25.3. The lowest BCUT2D eigenvalue weighted by molar-refractivity contribution is -0.233. The van der Waals surface area contributed by atoms with Crippen LogP contribution in [-0.2, 0) is 4.79 Å². The van der Waals surface area contributed by atoms with Crippen molar-refractivity contribution in [2.24, 2.45) is 16.6 Å². The van der Waals surface area contributed by atoms with Crippen LogP contribution >= 0.6 is 0 Å². The number of alkyl halides is 2. The van der Waals surface area contributed by atoms with Crippen LogP contribution in [0.15, 0.2) is 0 Å². The lowest BCUT2D eigenvalue weighted by atomic mass is 9.44. The molecule has 2 fully saturated rings. The molecule has 2 rings (SSSR count). The predicted octanol–water partition coefficient (Wildman–Crippen LogP) is 1.23. The van der Waals surface area contributed by atoms with E-state index in [1.54, 1.807) is 0 Å². The highest BCUT2D eigenvalue weighted by Gasteiger charge is 2.68. The van der Waals surface area contributed by atoms with Gasteiger partial charge in [-0.1, -0.05) is 0 Å². The molecular weight excluding hydrogens is 192 g/mol. The Kier molecular flexibility index (Phi) is 1.72. The zero-order chi connectivity index (χ0) is 10.6. The van der Waals surface area contributed by atoms with Crippen LogP contribution in [0.4, 0.5) is 8.78 Å². The van der Waals surface area contributed by atoms with Gasteiger partial charge in [0.15, 0.2) is 0 Å². The first-order valence-corrected chi connectivity index (χ1v) is 4.65. The molecule has 2 aliphatic rings. The minimum atomic E-state index is -2.57. The van der Waals surface area contributed by atoms with Crippen molar-refractivity contribution in [2.75, 3.05) is 6.54 Å². The van der Waals surface area contributed by atoms with Gasteiger partial charge >= 0.3 is 5.97 Å². The van der Waals surface area contributed by atoms with E-state index in [2.05, 4.69) is 0 Å². The highest BCUT2D eigenvalue weighted by Crippen LogP contribution is 2.68. The van der Waals surface area contributed by atoms with Crippen molar-refractivity contribution in [2.45, 2.75) is 31.6 Å². The summed E-state index contributed by atoms with van der Waals surface area (Å²) in [5.74, 6) is -3.51. The van der Waals surface area contributed by atoms with E-state index in [9.17, 15) is 13.6 Å². The van der Waals surface area contributed by atoms with Crippen molar-refractivity contribution < 1.29 is 18.7 Å². The third kappa shape index (κ3) is 1.15. The quantitative estimate of drug-likeness (QED) is 0.712. The van der Waals surface area contributed by atoms with Gasteiger partial charge in [0.05, 0.1) is 5.41 Å². The van der Waals surface area contributed by atoms with Crippen molar-refractivity contribution in [1.82, 2.24) is 0 Å². The number of nitrogens with two attached hydrogens (primary N) is 1. The number of hydrogen-bond donors (Lipinski definition) is 2. The summed E-state index contributed by atoms with van der Waals surface area (Å²) in [7, 11) is 0. The number of carboxylic acids is 1. The van der Waals surface area contributed by atoms with Crippen LogP contribution in [0.2, 0.25) is 0 Å². The molecule has 0 bridgehead atoms. The molecule has 14 heavy (non-hydrogen) atoms. The summed E-state index contributed by atoms with van der Waals surface area (Å²) >= 11 is 0. The summed E-state index contributed by atoms with van der Waals surface area (Å²) in [6.45, 7) is 0.0512. The van der Waals surface area contributed by atoms with Gasteiger partial charge in [0.25, 0.3) is 0 Å². The fourth-order valence-electron chi connectivity index (χ4n) is 3.06. The maximum Gasteiger partial charge on any atom is 0.310 e. The van der Waals surface area contributed by atoms with Crippen molar-refractivity contribution in [3.05, 3.63) is 0 Å². The number of carboxylic acid groups (broad SMARTS) is 1. The van der Waals surface area contributed by atoms with E-state index in [1.807, 2.05) is 0 Å². The summed E-state index contributed by atoms with van der Waals surface area (Å²) in [5, 5.41) is 8.90. The Bertz CT molecular complexity index is 275. The fraction of sp³-hybridized carbons (Fsp3) is 0.889. The van der Waals surface area contributed by atoms with Crippen molar-refractivity contribution in [3.63, 3.8) is 0 Å². The average Bonchev–Trinajstić information content (AvgIpc) is 1.93. The summed E-state index contributed by atoms with van der Waals surface area (Å²) in [6.07, 6.45) is 0.326. The first-order chi connectivity index (χ1) is 6.33. The topological polar surface area (TPSA) is 63.3 Å². The van der Waals surface area contributed by atoms with Crippen LogP contribution in [0.3, 0.4) is 0 Å². The normalized spacial score (nSPS) is 30.5. The summed E-state index contributed by atoms with van der Waals surface area (Å²) in [5.41, 5.74) is 4.03. The highest BCUT2D eigenvalue weighted by atomic mass is 19.3. The average molecular weight is 205 g/mol. The largest absolute Gasteiger partial charge is 0.481 e. The van der Waals surface area contributed by atoms with E-state index in [1.165, 1.54) is 0 Å². The second kappa shape index (κ2) is 2.45. The molecule has 0 aromatic carbocycles. The Hall–Kier alpha value is -0.710. The van der Waals surface area contributed by atoms with E-state index in [-0.39, 0.29) is 19.4 Å². The molecule has 3 nitrogen and oxygen atoms in total. The van der Waals surface area contributed by atoms with Crippen LogP contribution in [-0.4, -0.2) is 23.5 Å².